The van der Waals surface area contributed by atoms with Crippen LogP contribution in [0.15, 0.2) is 85.1 Å². The SMILES string of the molecule is O=C(NC1(C(=O)O)CCC1)c1cccc(CCCn2cc(-c3ccccc3)nc2C(=O)c2ccc(C(F)(F)F)cc2)c1. The Hall–Kier alpha value is -4.73. The van der Waals surface area contributed by atoms with Crippen LogP contribution in [0.1, 0.15) is 63.4 Å². The fourth-order valence-corrected chi connectivity index (χ4v) is 4.99. The lowest BCUT2D eigenvalue weighted by Gasteiger charge is -2.38. The number of aryl methyl sites for hydroxylation is 2. The van der Waals surface area contributed by atoms with Gasteiger partial charge in [0.2, 0.25) is 5.78 Å². The maximum atomic E-state index is 13.4. The Balaban J connectivity index is 1.32. The van der Waals surface area contributed by atoms with Crippen molar-refractivity contribution in [3.05, 3.63) is 113 Å². The number of carbonyl (C=O) groups is 3. The molecule has 0 radical (unpaired) electrons. The van der Waals surface area contributed by atoms with Crippen LogP contribution < -0.4 is 5.32 Å². The number of imidazole rings is 1. The van der Waals surface area contributed by atoms with Gasteiger partial charge in [-0.05, 0) is 61.9 Å². The molecule has 1 amide bonds. The molecule has 1 aliphatic rings. The maximum absolute atomic E-state index is 13.4. The van der Waals surface area contributed by atoms with E-state index in [4.69, 9.17) is 0 Å². The summed E-state index contributed by atoms with van der Waals surface area (Å²) in [5.74, 6) is -1.85. The lowest BCUT2D eigenvalue weighted by Crippen LogP contribution is -2.59. The van der Waals surface area contributed by atoms with Gasteiger partial charge < -0.3 is 15.0 Å². The summed E-state index contributed by atoms with van der Waals surface area (Å²) < 4.78 is 40.8. The highest BCUT2D eigenvalue weighted by Crippen LogP contribution is 2.32. The first kappa shape index (κ1) is 28.8. The van der Waals surface area contributed by atoms with Crippen LogP contribution in [0.3, 0.4) is 0 Å². The second-order valence-electron chi connectivity index (χ2n) is 10.4. The summed E-state index contributed by atoms with van der Waals surface area (Å²) in [6, 6.07) is 20.3. The van der Waals surface area contributed by atoms with Crippen molar-refractivity contribution < 1.29 is 32.7 Å². The average Bonchev–Trinajstić information content (AvgIpc) is 3.38. The number of ketones is 1. The van der Waals surface area contributed by atoms with E-state index < -0.39 is 34.9 Å². The molecule has 3 aromatic carbocycles. The first-order chi connectivity index (χ1) is 20.1. The molecule has 7 nitrogen and oxygen atoms in total. The molecule has 1 heterocycles. The molecule has 0 spiro atoms. The van der Waals surface area contributed by atoms with E-state index in [1.165, 1.54) is 0 Å². The molecule has 5 rings (SSSR count). The Bertz CT molecular complexity index is 1610. The zero-order valence-electron chi connectivity index (χ0n) is 22.5. The van der Waals surface area contributed by atoms with Crippen LogP contribution in [0.2, 0.25) is 0 Å². The largest absolute Gasteiger partial charge is 0.480 e. The molecule has 0 atom stereocenters. The minimum Gasteiger partial charge on any atom is -0.480 e. The quantitative estimate of drug-likeness (QED) is 0.220. The molecule has 1 aliphatic carbocycles. The summed E-state index contributed by atoms with van der Waals surface area (Å²) in [4.78, 5) is 42.3. The van der Waals surface area contributed by atoms with Crippen molar-refractivity contribution in [3.63, 3.8) is 0 Å². The molecule has 2 N–H and O–H groups in total. The van der Waals surface area contributed by atoms with Gasteiger partial charge in [-0.15, -0.1) is 0 Å². The van der Waals surface area contributed by atoms with Gasteiger partial charge in [-0.2, -0.15) is 13.2 Å². The number of benzene rings is 3. The summed E-state index contributed by atoms with van der Waals surface area (Å²) in [6.07, 6.45) is -0.0849. The molecule has 0 bridgehead atoms. The first-order valence-electron chi connectivity index (χ1n) is 13.6. The van der Waals surface area contributed by atoms with Crippen molar-refractivity contribution in [3.8, 4) is 11.3 Å². The van der Waals surface area contributed by atoms with E-state index in [1.807, 2.05) is 36.4 Å². The molecule has 0 unspecified atom stereocenters. The monoisotopic (exact) mass is 575 g/mol. The average molecular weight is 576 g/mol. The van der Waals surface area contributed by atoms with Gasteiger partial charge in [0.25, 0.3) is 5.91 Å². The number of aromatic nitrogens is 2. The Kier molecular flexibility index (Phi) is 7.98. The minimum atomic E-state index is -4.51. The highest BCUT2D eigenvalue weighted by atomic mass is 19.4. The minimum absolute atomic E-state index is 0.0961. The van der Waals surface area contributed by atoms with Gasteiger partial charge in [0.1, 0.15) is 5.54 Å². The van der Waals surface area contributed by atoms with Crippen molar-refractivity contribution in [2.24, 2.45) is 0 Å². The van der Waals surface area contributed by atoms with Crippen LogP contribution in [0.5, 0.6) is 0 Å². The van der Waals surface area contributed by atoms with Crippen LogP contribution in [0.25, 0.3) is 11.3 Å². The smallest absolute Gasteiger partial charge is 0.416 e. The number of hydrogen-bond acceptors (Lipinski definition) is 4. The van der Waals surface area contributed by atoms with Crippen molar-refractivity contribution in [1.82, 2.24) is 14.9 Å². The number of carbonyl (C=O) groups excluding carboxylic acids is 2. The van der Waals surface area contributed by atoms with Gasteiger partial charge in [-0.3, -0.25) is 9.59 Å². The predicted molar refractivity (Wildman–Crippen MR) is 149 cm³/mol. The molecule has 1 aromatic heterocycles. The molecule has 1 saturated carbocycles. The van der Waals surface area contributed by atoms with Crippen LogP contribution >= 0.6 is 0 Å². The molecule has 42 heavy (non-hydrogen) atoms. The molecule has 4 aromatic rings. The predicted octanol–water partition coefficient (Wildman–Crippen LogP) is 6.17. The van der Waals surface area contributed by atoms with Crippen molar-refractivity contribution in [2.45, 2.75) is 50.4 Å². The fraction of sp³-hybridized carbons (Fsp3) is 0.250. The number of hydrogen-bond donors (Lipinski definition) is 2. The lowest BCUT2D eigenvalue weighted by molar-refractivity contribution is -0.148. The second-order valence-corrected chi connectivity index (χ2v) is 10.4. The number of amides is 1. The Labute approximate surface area is 240 Å². The molecular formula is C32H28F3N3O4. The highest BCUT2D eigenvalue weighted by molar-refractivity contribution is 6.07. The second kappa shape index (κ2) is 11.6. The fourth-order valence-electron chi connectivity index (χ4n) is 4.99. The number of nitrogens with zero attached hydrogens (tertiary/aromatic N) is 2. The highest BCUT2D eigenvalue weighted by Gasteiger charge is 2.45. The van der Waals surface area contributed by atoms with Crippen molar-refractivity contribution in [2.75, 3.05) is 0 Å². The first-order valence-corrected chi connectivity index (χ1v) is 13.6. The third-order valence-electron chi connectivity index (χ3n) is 7.55. The Morgan fingerprint density at radius 2 is 1.64 bits per heavy atom. The van der Waals surface area contributed by atoms with E-state index in [0.717, 1.165) is 41.8 Å². The maximum Gasteiger partial charge on any atom is 0.416 e. The molecule has 216 valence electrons. The van der Waals surface area contributed by atoms with Crippen LogP contribution in [0.4, 0.5) is 13.2 Å². The number of alkyl halides is 3. The van der Waals surface area contributed by atoms with E-state index >= 15 is 0 Å². The van der Waals surface area contributed by atoms with Gasteiger partial charge in [0.15, 0.2) is 5.82 Å². The van der Waals surface area contributed by atoms with Crippen LogP contribution in [0, 0.1) is 0 Å². The van der Waals surface area contributed by atoms with Crippen LogP contribution in [-0.4, -0.2) is 37.9 Å². The molecule has 0 saturated heterocycles. The Morgan fingerprint density at radius 3 is 2.26 bits per heavy atom. The van der Waals surface area contributed by atoms with Gasteiger partial charge in [0, 0.05) is 29.4 Å². The zero-order chi connectivity index (χ0) is 29.9. The van der Waals surface area contributed by atoms with Gasteiger partial charge >= 0.3 is 12.1 Å². The third-order valence-corrected chi connectivity index (χ3v) is 7.55. The molecular weight excluding hydrogens is 547 g/mol. The van der Waals surface area contributed by atoms with Crippen LogP contribution in [-0.2, 0) is 23.9 Å². The standard InChI is InChI=1S/C32H28F3N3O4/c33-32(34,35)25-14-12-23(13-15-25)27(39)28-36-26(22-9-2-1-3-10-22)20-38(28)18-5-8-21-7-4-11-24(19-21)29(40)37-31(30(41)42)16-6-17-31/h1-4,7,9-15,19-20H,5-6,8,16-18H2,(H,37,40)(H,41,42). The normalized spacial score (nSPS) is 14.2. The number of aliphatic carboxylic acids is 1. The number of carboxylic acids is 1. The molecule has 1 fully saturated rings. The number of rotatable bonds is 10. The molecule has 10 heteroatoms. The van der Waals surface area contributed by atoms with Crippen molar-refractivity contribution >= 4 is 17.7 Å². The van der Waals surface area contributed by atoms with E-state index in [-0.39, 0.29) is 11.4 Å². The number of nitrogens with one attached hydrogen (secondary N) is 1. The van der Waals surface area contributed by atoms with E-state index in [1.54, 1.807) is 29.0 Å². The number of halogens is 3. The summed E-state index contributed by atoms with van der Waals surface area (Å²) in [5, 5.41) is 12.2. The topological polar surface area (TPSA) is 101 Å². The summed E-state index contributed by atoms with van der Waals surface area (Å²) in [7, 11) is 0. The summed E-state index contributed by atoms with van der Waals surface area (Å²) in [5.41, 5.74) is 0.635. The van der Waals surface area contributed by atoms with E-state index in [0.29, 0.717) is 43.5 Å². The summed E-state index contributed by atoms with van der Waals surface area (Å²) >= 11 is 0. The van der Waals surface area contributed by atoms with E-state index in [9.17, 15) is 32.7 Å². The number of carboxylic acid groups (broad SMARTS) is 1. The molecule has 0 aliphatic heterocycles. The summed E-state index contributed by atoms with van der Waals surface area (Å²) in [6.45, 7) is 0.389. The van der Waals surface area contributed by atoms with Gasteiger partial charge in [0.05, 0.1) is 11.3 Å². The van der Waals surface area contributed by atoms with Gasteiger partial charge in [-0.1, -0.05) is 54.6 Å². The van der Waals surface area contributed by atoms with Gasteiger partial charge in [-0.25, -0.2) is 9.78 Å². The van der Waals surface area contributed by atoms with Crippen molar-refractivity contribution in [1.29, 1.82) is 0 Å². The van der Waals surface area contributed by atoms with E-state index in [2.05, 4.69) is 10.3 Å². The Morgan fingerprint density at radius 1 is 0.929 bits per heavy atom. The lowest BCUT2D eigenvalue weighted by atomic mass is 9.76. The third kappa shape index (κ3) is 6.12. The zero-order valence-corrected chi connectivity index (χ0v) is 22.5.